The fraction of sp³-hybridized carbons (Fsp3) is 0.833. The molecule has 0 spiro atoms. The summed E-state index contributed by atoms with van der Waals surface area (Å²) in [4.78, 5) is 9.90. The molecule has 14 heavy (non-hydrogen) atoms. The average molecular weight is 214 g/mol. The van der Waals surface area contributed by atoms with E-state index in [1.54, 1.807) is 0 Å². The van der Waals surface area contributed by atoms with Crippen LogP contribution >= 0.6 is 0 Å². The minimum Gasteiger partial charge on any atom is -0.394 e. The van der Waals surface area contributed by atoms with Gasteiger partial charge in [-0.25, -0.2) is 0 Å². The van der Waals surface area contributed by atoms with Gasteiger partial charge in [-0.05, 0) is 0 Å². The van der Waals surface area contributed by atoms with Crippen LogP contribution in [0.4, 0.5) is 0 Å². The van der Waals surface area contributed by atoms with Crippen molar-refractivity contribution in [3.8, 4) is 0 Å². The van der Waals surface area contributed by atoms with Gasteiger partial charge in [0.05, 0.1) is 6.61 Å². The Labute approximate surface area is 81.0 Å². The number of hydrogen-bond acceptors (Lipinski definition) is 8. The van der Waals surface area contributed by atoms with Crippen LogP contribution in [0, 0.1) is 0 Å². The van der Waals surface area contributed by atoms with Crippen LogP contribution in [0.15, 0.2) is 0 Å². The average Bonchev–Trinajstić information content (AvgIpc) is 2.12. The molecule has 0 aliphatic heterocycles. The number of rotatable bonds is 5. The van der Waals surface area contributed by atoms with Gasteiger partial charge in [-0.2, -0.15) is 0 Å². The van der Waals surface area contributed by atoms with Crippen LogP contribution in [0.3, 0.4) is 0 Å². The SMILES string of the molecule is N.N.O=C[C@H](O)[C@H](O)[C@H](O)[C@H](O)CO. The van der Waals surface area contributed by atoms with Crippen LogP contribution in [-0.2, 0) is 4.79 Å². The van der Waals surface area contributed by atoms with Crippen molar-refractivity contribution in [2.75, 3.05) is 6.61 Å². The van der Waals surface area contributed by atoms with Crippen molar-refractivity contribution in [3.05, 3.63) is 0 Å². The molecular weight excluding hydrogens is 196 g/mol. The molecule has 8 heteroatoms. The van der Waals surface area contributed by atoms with Gasteiger partial charge in [0.1, 0.15) is 24.4 Å². The highest BCUT2D eigenvalue weighted by Crippen LogP contribution is 2.02. The summed E-state index contributed by atoms with van der Waals surface area (Å²) in [7, 11) is 0. The van der Waals surface area contributed by atoms with Gasteiger partial charge in [-0.15, -0.1) is 0 Å². The van der Waals surface area contributed by atoms with Crippen LogP contribution in [0.25, 0.3) is 0 Å². The second kappa shape index (κ2) is 8.97. The number of aldehydes is 1. The third kappa shape index (κ3) is 5.19. The predicted molar refractivity (Wildman–Crippen MR) is 47.2 cm³/mol. The van der Waals surface area contributed by atoms with E-state index in [9.17, 15) is 4.79 Å². The summed E-state index contributed by atoms with van der Waals surface area (Å²) < 4.78 is 0. The van der Waals surface area contributed by atoms with Crippen molar-refractivity contribution in [2.45, 2.75) is 24.4 Å². The monoisotopic (exact) mass is 214 g/mol. The summed E-state index contributed by atoms with van der Waals surface area (Å²) in [6, 6.07) is 0. The quantitative estimate of drug-likeness (QED) is 0.235. The fourth-order valence-corrected chi connectivity index (χ4v) is 0.618. The second-order valence-corrected chi connectivity index (χ2v) is 2.36. The summed E-state index contributed by atoms with van der Waals surface area (Å²) in [5.74, 6) is 0. The van der Waals surface area contributed by atoms with E-state index in [0.717, 1.165) is 0 Å². The van der Waals surface area contributed by atoms with Gasteiger partial charge in [-0.1, -0.05) is 0 Å². The smallest absolute Gasteiger partial charge is 0.151 e. The zero-order chi connectivity index (χ0) is 9.72. The van der Waals surface area contributed by atoms with E-state index >= 15 is 0 Å². The number of hydrogen-bond donors (Lipinski definition) is 7. The molecule has 0 unspecified atom stereocenters. The van der Waals surface area contributed by atoms with E-state index in [4.69, 9.17) is 25.5 Å². The molecule has 0 bridgehead atoms. The van der Waals surface area contributed by atoms with Gasteiger partial charge in [0.2, 0.25) is 0 Å². The highest BCUT2D eigenvalue weighted by molar-refractivity contribution is 5.56. The number of aliphatic hydroxyl groups is 5. The molecule has 11 N–H and O–H groups in total. The maximum absolute atomic E-state index is 9.90. The molecule has 8 nitrogen and oxygen atoms in total. The molecule has 0 amide bonds. The molecule has 88 valence electrons. The second-order valence-electron chi connectivity index (χ2n) is 2.36. The fourth-order valence-electron chi connectivity index (χ4n) is 0.618. The Morgan fingerprint density at radius 3 is 1.71 bits per heavy atom. The summed E-state index contributed by atoms with van der Waals surface area (Å²) in [5.41, 5.74) is 0. The summed E-state index contributed by atoms with van der Waals surface area (Å²) in [5, 5.41) is 43.5. The van der Waals surface area contributed by atoms with E-state index in [1.165, 1.54) is 0 Å². The lowest BCUT2D eigenvalue weighted by atomic mass is 10.0. The van der Waals surface area contributed by atoms with Gasteiger partial charge in [0.25, 0.3) is 0 Å². The van der Waals surface area contributed by atoms with Crippen LogP contribution in [-0.4, -0.2) is 62.8 Å². The minimum absolute atomic E-state index is 0. The lowest BCUT2D eigenvalue weighted by Gasteiger charge is -2.22. The molecule has 0 fully saturated rings. The minimum atomic E-state index is -1.79. The predicted octanol–water partition coefficient (Wildman–Crippen LogP) is -3.05. The van der Waals surface area contributed by atoms with Gasteiger partial charge in [0, 0.05) is 0 Å². The number of aliphatic hydroxyl groups excluding tert-OH is 5. The Morgan fingerprint density at radius 1 is 1.00 bits per heavy atom. The molecule has 4 atom stereocenters. The highest BCUT2D eigenvalue weighted by Gasteiger charge is 2.29. The molecule has 0 aromatic heterocycles. The molecule has 0 aliphatic carbocycles. The lowest BCUT2D eigenvalue weighted by Crippen LogP contribution is -2.46. The topological polar surface area (TPSA) is 188 Å². The highest BCUT2D eigenvalue weighted by atomic mass is 16.4. The van der Waals surface area contributed by atoms with Crippen LogP contribution < -0.4 is 12.3 Å². The Morgan fingerprint density at radius 2 is 1.43 bits per heavy atom. The molecular formula is C6H18N2O6. The molecule has 0 saturated carbocycles. The van der Waals surface area contributed by atoms with Crippen molar-refractivity contribution < 1.29 is 30.3 Å². The zero-order valence-electron chi connectivity index (χ0n) is 7.65. The summed E-state index contributed by atoms with van der Waals surface area (Å²) >= 11 is 0. The van der Waals surface area contributed by atoms with E-state index < -0.39 is 31.0 Å². The zero-order valence-corrected chi connectivity index (χ0v) is 7.65. The van der Waals surface area contributed by atoms with E-state index in [1.807, 2.05) is 0 Å². The van der Waals surface area contributed by atoms with Crippen molar-refractivity contribution in [1.82, 2.24) is 12.3 Å². The van der Waals surface area contributed by atoms with Gasteiger partial charge in [0.15, 0.2) is 6.29 Å². The van der Waals surface area contributed by atoms with Crippen molar-refractivity contribution in [3.63, 3.8) is 0 Å². The maximum atomic E-state index is 9.90. The molecule has 0 saturated heterocycles. The van der Waals surface area contributed by atoms with E-state index in [-0.39, 0.29) is 18.6 Å². The Kier molecular flexibility index (Phi) is 12.2. The first-order valence-electron chi connectivity index (χ1n) is 3.33. The Balaban J connectivity index is -0.000000605. The molecule has 0 aromatic carbocycles. The molecule has 0 aliphatic rings. The maximum Gasteiger partial charge on any atom is 0.151 e. The van der Waals surface area contributed by atoms with Crippen LogP contribution in [0.1, 0.15) is 0 Å². The van der Waals surface area contributed by atoms with E-state index in [2.05, 4.69) is 0 Å². The molecule has 0 radical (unpaired) electrons. The largest absolute Gasteiger partial charge is 0.394 e. The first-order chi connectivity index (χ1) is 5.54. The molecule has 0 aromatic rings. The third-order valence-corrected chi connectivity index (χ3v) is 1.42. The van der Waals surface area contributed by atoms with Crippen LogP contribution in [0.5, 0.6) is 0 Å². The molecule has 0 heterocycles. The normalized spacial score (nSPS) is 18.1. The number of carbonyl (C=O) groups is 1. The molecule has 0 rings (SSSR count). The third-order valence-electron chi connectivity index (χ3n) is 1.42. The standard InChI is InChI=1S/C6H12O6.2H3N/c7-1-3(9)5(11)6(12)4(10)2-8;;/h1,3-6,8-12H,2H2;2*1H3/t3-,4+,5-,6+;;/m0../s1. The van der Waals surface area contributed by atoms with Gasteiger partial charge >= 0.3 is 0 Å². The lowest BCUT2D eigenvalue weighted by molar-refractivity contribution is -0.136. The Hall–Kier alpha value is -0.610. The van der Waals surface area contributed by atoms with Gasteiger partial charge < -0.3 is 42.6 Å². The van der Waals surface area contributed by atoms with E-state index in [0.29, 0.717) is 0 Å². The van der Waals surface area contributed by atoms with Crippen molar-refractivity contribution in [1.29, 1.82) is 0 Å². The summed E-state index contributed by atoms with van der Waals surface area (Å²) in [6.07, 6.45) is -6.84. The summed E-state index contributed by atoms with van der Waals surface area (Å²) in [6.45, 7) is -0.760. The Bertz CT molecular complexity index is 146. The number of carbonyl (C=O) groups excluding carboxylic acids is 1. The van der Waals surface area contributed by atoms with Gasteiger partial charge in [-0.3, -0.25) is 0 Å². The van der Waals surface area contributed by atoms with Crippen molar-refractivity contribution in [2.24, 2.45) is 0 Å². The first-order valence-corrected chi connectivity index (χ1v) is 3.33. The first kappa shape index (κ1) is 19.0. The van der Waals surface area contributed by atoms with Crippen LogP contribution in [0.2, 0.25) is 0 Å². The van der Waals surface area contributed by atoms with Crippen molar-refractivity contribution >= 4 is 6.29 Å².